The highest BCUT2D eigenvalue weighted by Gasteiger charge is 2.23. The van der Waals surface area contributed by atoms with Gasteiger partial charge in [-0.1, -0.05) is 113 Å². The van der Waals surface area contributed by atoms with Crippen molar-refractivity contribution in [1.82, 2.24) is 0 Å². The van der Waals surface area contributed by atoms with E-state index in [2.05, 4.69) is 55.4 Å². The van der Waals surface area contributed by atoms with Gasteiger partial charge in [0.2, 0.25) is 0 Å². The molecular formula is C38H64N2O4S2. The lowest BCUT2D eigenvalue weighted by molar-refractivity contribution is -0.928. The van der Waals surface area contributed by atoms with E-state index in [1.165, 1.54) is 125 Å². The summed E-state index contributed by atoms with van der Waals surface area (Å²) in [6, 6.07) is 12.8. The van der Waals surface area contributed by atoms with Crippen LogP contribution in [0.5, 0.6) is 0 Å². The highest BCUT2D eigenvalue weighted by molar-refractivity contribution is 8.76. The van der Waals surface area contributed by atoms with Gasteiger partial charge in [-0.05, 0) is 63.5 Å². The summed E-state index contributed by atoms with van der Waals surface area (Å²) >= 11 is 0. The van der Waals surface area contributed by atoms with Gasteiger partial charge in [-0.3, -0.25) is 0 Å². The Kier molecular flexibility index (Phi) is 24.9. The maximum absolute atomic E-state index is 11.0. The molecule has 0 aromatic heterocycles. The van der Waals surface area contributed by atoms with Crippen molar-refractivity contribution >= 4 is 33.5 Å². The molecule has 0 unspecified atom stereocenters. The topological polar surface area (TPSA) is 80.3 Å². The molecule has 0 aliphatic rings. The maximum atomic E-state index is 11.0. The van der Waals surface area contributed by atoms with Crippen molar-refractivity contribution in [1.29, 1.82) is 0 Å². The smallest absolute Gasteiger partial charge is 0.0783 e. The van der Waals surface area contributed by atoms with Crippen LogP contribution >= 0.6 is 21.6 Å². The molecule has 0 fully saturated rings. The monoisotopic (exact) mass is 676 g/mol. The summed E-state index contributed by atoms with van der Waals surface area (Å²) in [6.07, 6.45) is 10.7. The molecule has 0 spiro atoms. The van der Waals surface area contributed by atoms with Crippen molar-refractivity contribution in [2.75, 3.05) is 52.4 Å². The molecule has 2 aromatic carbocycles. The van der Waals surface area contributed by atoms with Gasteiger partial charge in [-0.2, -0.15) is 0 Å². The van der Waals surface area contributed by atoms with Crippen LogP contribution < -0.4 is 10.2 Å². The first kappa shape index (κ1) is 44.0. The molecule has 2 aromatic rings. The Labute approximate surface area is 289 Å². The Bertz CT molecular complexity index is 951. The lowest BCUT2D eigenvalue weighted by Gasteiger charge is -2.38. The Balaban J connectivity index is 0.000000691. The average molecular weight is 677 g/mol. The molecule has 0 heterocycles. The summed E-state index contributed by atoms with van der Waals surface area (Å²) in [7, 11) is 2.33. The molecule has 0 N–H and O–H groups in total. The highest BCUT2D eigenvalue weighted by Crippen LogP contribution is 2.40. The van der Waals surface area contributed by atoms with Gasteiger partial charge < -0.3 is 28.8 Å². The number of benzene rings is 2. The Morgan fingerprint density at radius 1 is 0.457 bits per heavy atom. The van der Waals surface area contributed by atoms with Crippen LogP contribution in [0.15, 0.2) is 58.3 Å². The van der Waals surface area contributed by atoms with Gasteiger partial charge in [0, 0.05) is 20.9 Å². The SMILES string of the molecule is CCC[N+](CCC)(CCC)CCC.CCC[N+](CCC)(CCC)CCC.O=C([O-])c1ccccc1SSc1ccccc1C(=O)[O-]. The van der Waals surface area contributed by atoms with E-state index in [4.69, 9.17) is 0 Å². The van der Waals surface area contributed by atoms with Crippen molar-refractivity contribution < 1.29 is 28.8 Å². The number of carbonyl (C=O) groups excluding carboxylic acids is 2. The number of carboxylic acid groups (broad SMARTS) is 2. The minimum Gasteiger partial charge on any atom is -0.545 e. The molecular weight excluding hydrogens is 613 g/mol. The first-order valence-electron chi connectivity index (χ1n) is 17.7. The first-order chi connectivity index (χ1) is 22.1. The molecule has 0 saturated heterocycles. The second-order valence-corrected chi connectivity index (χ2v) is 14.4. The van der Waals surface area contributed by atoms with E-state index >= 15 is 0 Å². The van der Waals surface area contributed by atoms with E-state index in [1.54, 1.807) is 36.4 Å². The summed E-state index contributed by atoms with van der Waals surface area (Å²) in [6.45, 7) is 29.6. The predicted octanol–water partition coefficient (Wildman–Crippen LogP) is 8.10. The summed E-state index contributed by atoms with van der Waals surface area (Å²) in [5.41, 5.74) is 0.159. The minimum atomic E-state index is -1.26. The van der Waals surface area contributed by atoms with Crippen molar-refractivity contribution in [2.45, 2.75) is 117 Å². The van der Waals surface area contributed by atoms with E-state index in [0.29, 0.717) is 9.79 Å². The molecule has 262 valence electrons. The zero-order chi connectivity index (χ0) is 34.8. The number of quaternary nitrogens is 2. The molecule has 2 rings (SSSR count). The van der Waals surface area contributed by atoms with Gasteiger partial charge in [0.15, 0.2) is 0 Å². The van der Waals surface area contributed by atoms with E-state index in [9.17, 15) is 19.8 Å². The third-order valence-corrected chi connectivity index (χ3v) is 10.5. The van der Waals surface area contributed by atoms with E-state index < -0.39 is 11.9 Å². The fourth-order valence-corrected chi connectivity index (χ4v) is 8.98. The molecule has 0 aliphatic heterocycles. The van der Waals surface area contributed by atoms with Crippen LogP contribution in [0.1, 0.15) is 127 Å². The number of rotatable bonds is 21. The number of carbonyl (C=O) groups is 2. The molecule has 0 saturated carbocycles. The lowest BCUT2D eigenvalue weighted by Crippen LogP contribution is -2.50. The van der Waals surface area contributed by atoms with Crippen molar-refractivity contribution in [3.05, 3.63) is 59.7 Å². The summed E-state index contributed by atoms with van der Waals surface area (Å²) in [4.78, 5) is 23.0. The Morgan fingerprint density at radius 2 is 0.674 bits per heavy atom. The zero-order valence-electron chi connectivity index (χ0n) is 30.3. The number of hydrogen-bond donors (Lipinski definition) is 0. The molecule has 46 heavy (non-hydrogen) atoms. The highest BCUT2D eigenvalue weighted by atomic mass is 33.1. The fraction of sp³-hybridized carbons (Fsp3) is 0.632. The second-order valence-electron chi connectivity index (χ2n) is 12.2. The zero-order valence-corrected chi connectivity index (χ0v) is 31.9. The van der Waals surface area contributed by atoms with E-state index in [-0.39, 0.29) is 11.1 Å². The maximum Gasteiger partial charge on any atom is 0.0783 e. The number of nitrogens with zero attached hydrogens (tertiary/aromatic N) is 2. The summed E-state index contributed by atoms with van der Waals surface area (Å²) < 4.78 is 2.75. The Hall–Kier alpha value is -2.00. The van der Waals surface area contributed by atoms with Gasteiger partial charge >= 0.3 is 0 Å². The average Bonchev–Trinajstić information content (AvgIpc) is 3.02. The van der Waals surface area contributed by atoms with Crippen molar-refractivity contribution in [3.8, 4) is 0 Å². The minimum absolute atomic E-state index is 0.0796. The largest absolute Gasteiger partial charge is 0.545 e. The molecule has 8 heteroatoms. The van der Waals surface area contributed by atoms with Gasteiger partial charge in [0.1, 0.15) is 0 Å². The van der Waals surface area contributed by atoms with Crippen LogP contribution in [-0.4, -0.2) is 73.3 Å². The van der Waals surface area contributed by atoms with E-state index in [0.717, 1.165) is 21.6 Å². The summed E-state index contributed by atoms with van der Waals surface area (Å²) in [5.74, 6) is -2.52. The van der Waals surface area contributed by atoms with Gasteiger partial charge in [-0.25, -0.2) is 0 Å². The van der Waals surface area contributed by atoms with Crippen LogP contribution in [0.25, 0.3) is 0 Å². The van der Waals surface area contributed by atoms with Gasteiger partial charge in [-0.15, -0.1) is 0 Å². The van der Waals surface area contributed by atoms with Crippen molar-refractivity contribution in [3.63, 3.8) is 0 Å². The van der Waals surface area contributed by atoms with Crippen LogP contribution in [-0.2, 0) is 0 Å². The van der Waals surface area contributed by atoms with Crippen molar-refractivity contribution in [2.24, 2.45) is 0 Å². The first-order valence-corrected chi connectivity index (χ1v) is 19.9. The standard InChI is InChI=1S/C14H10O4S2.2C12H28N/c15-13(16)9-5-1-3-7-11(9)19-20-12-8-4-2-6-10(12)14(17)18;2*1-5-9-13(10-6-2,11-7-3)12-8-4/h1-8H,(H,15,16)(H,17,18);2*5-12H2,1-4H3/q;2*+1/p-2. The second kappa shape index (κ2) is 26.0. The molecule has 6 nitrogen and oxygen atoms in total. The molecule has 0 radical (unpaired) electrons. The number of aromatic carboxylic acids is 2. The normalized spacial score (nSPS) is 11.2. The van der Waals surface area contributed by atoms with Crippen LogP contribution in [0.4, 0.5) is 0 Å². The molecule has 0 amide bonds. The van der Waals surface area contributed by atoms with Gasteiger partial charge in [0.05, 0.1) is 64.3 Å². The Morgan fingerprint density at radius 3 is 0.870 bits per heavy atom. The quantitative estimate of drug-likeness (QED) is 0.0982. The lowest BCUT2D eigenvalue weighted by atomic mass is 10.2. The van der Waals surface area contributed by atoms with E-state index in [1.807, 2.05) is 0 Å². The predicted molar refractivity (Wildman–Crippen MR) is 195 cm³/mol. The third-order valence-electron chi connectivity index (χ3n) is 8.02. The molecule has 0 aliphatic carbocycles. The van der Waals surface area contributed by atoms with Crippen LogP contribution in [0, 0.1) is 0 Å². The van der Waals surface area contributed by atoms with Gasteiger partial charge in [0.25, 0.3) is 0 Å². The number of hydrogen-bond acceptors (Lipinski definition) is 6. The van der Waals surface area contributed by atoms with Crippen LogP contribution in [0.2, 0.25) is 0 Å². The van der Waals surface area contributed by atoms with Crippen LogP contribution in [0.3, 0.4) is 0 Å². The third kappa shape index (κ3) is 16.7. The number of carboxylic acids is 2. The molecule has 0 bridgehead atoms. The fourth-order valence-electron chi connectivity index (χ4n) is 6.64. The molecule has 0 atom stereocenters. The summed E-state index contributed by atoms with van der Waals surface area (Å²) in [5, 5.41) is 21.9.